The van der Waals surface area contributed by atoms with Crippen LogP contribution in [0.2, 0.25) is 0 Å². The molecule has 0 saturated carbocycles. The van der Waals surface area contributed by atoms with Crippen molar-refractivity contribution in [2.24, 2.45) is 0 Å². The largest absolute Gasteiger partial charge is 0.464 e. The van der Waals surface area contributed by atoms with Gasteiger partial charge in [-0.1, -0.05) is 12.1 Å². The van der Waals surface area contributed by atoms with Gasteiger partial charge in [0, 0.05) is 24.5 Å². The van der Waals surface area contributed by atoms with Gasteiger partial charge < -0.3 is 9.73 Å². The van der Waals surface area contributed by atoms with Crippen LogP contribution in [0.25, 0.3) is 11.3 Å². The molecule has 1 amide bonds. The second-order valence-corrected chi connectivity index (χ2v) is 5.71. The number of amides is 1. The van der Waals surface area contributed by atoms with Crippen LogP contribution in [0.5, 0.6) is 0 Å². The second kappa shape index (κ2) is 7.43. The van der Waals surface area contributed by atoms with E-state index >= 15 is 0 Å². The number of nitrogens with zero attached hydrogens (tertiary/aromatic N) is 1. The van der Waals surface area contributed by atoms with Crippen molar-refractivity contribution in [2.75, 3.05) is 0 Å². The van der Waals surface area contributed by atoms with Crippen molar-refractivity contribution in [3.63, 3.8) is 0 Å². The van der Waals surface area contributed by atoms with Crippen LogP contribution in [-0.4, -0.2) is 10.9 Å². The minimum atomic E-state index is -4.38. The van der Waals surface area contributed by atoms with E-state index in [1.165, 1.54) is 12.1 Å². The van der Waals surface area contributed by atoms with Crippen LogP contribution in [0.15, 0.2) is 65.5 Å². The quantitative estimate of drug-likeness (QED) is 0.741. The number of alkyl halides is 3. The monoisotopic (exact) mass is 360 g/mol. The molecule has 1 N–H and O–H groups in total. The highest BCUT2D eigenvalue weighted by Gasteiger charge is 2.29. The van der Waals surface area contributed by atoms with Gasteiger partial charge in [-0.15, -0.1) is 0 Å². The summed E-state index contributed by atoms with van der Waals surface area (Å²) in [6.45, 7) is 0.265. The first-order chi connectivity index (χ1) is 12.4. The van der Waals surface area contributed by atoms with E-state index in [-0.39, 0.29) is 18.9 Å². The standard InChI is InChI=1S/C19H15F3N2O2/c20-19(21,22)16-5-3-13(4-6-16)9-18(25)24-11-14-8-15(12-23-10-14)17-2-1-7-26-17/h1-8,10,12H,9,11H2,(H,24,25). The number of pyridine rings is 1. The lowest BCUT2D eigenvalue weighted by molar-refractivity contribution is -0.137. The average Bonchev–Trinajstić information content (AvgIpc) is 3.15. The molecule has 0 aliphatic rings. The number of aromatic nitrogens is 1. The zero-order chi connectivity index (χ0) is 18.6. The minimum absolute atomic E-state index is 0.00341. The van der Waals surface area contributed by atoms with Crippen molar-refractivity contribution in [3.05, 3.63) is 77.8 Å². The zero-order valence-electron chi connectivity index (χ0n) is 13.6. The van der Waals surface area contributed by atoms with Gasteiger partial charge in [-0.25, -0.2) is 0 Å². The average molecular weight is 360 g/mol. The number of carbonyl (C=O) groups excluding carboxylic acids is 1. The molecule has 2 aromatic heterocycles. The van der Waals surface area contributed by atoms with Crippen LogP contribution in [0, 0.1) is 0 Å². The Hall–Kier alpha value is -3.09. The van der Waals surface area contributed by atoms with Crippen molar-refractivity contribution in [2.45, 2.75) is 19.1 Å². The first kappa shape index (κ1) is 17.7. The molecule has 0 unspecified atom stereocenters. The third-order valence-electron chi connectivity index (χ3n) is 3.74. The summed E-state index contributed by atoms with van der Waals surface area (Å²) in [5, 5.41) is 2.73. The van der Waals surface area contributed by atoms with Crippen molar-refractivity contribution in [1.82, 2.24) is 10.3 Å². The fourth-order valence-corrected chi connectivity index (χ4v) is 2.42. The van der Waals surface area contributed by atoms with E-state index in [9.17, 15) is 18.0 Å². The van der Waals surface area contributed by atoms with Gasteiger partial charge in [0.2, 0.25) is 5.91 Å². The zero-order valence-corrected chi connectivity index (χ0v) is 13.6. The van der Waals surface area contributed by atoms with E-state index in [2.05, 4.69) is 10.3 Å². The molecule has 134 valence electrons. The number of benzene rings is 1. The Bertz CT molecular complexity index is 873. The Morgan fingerprint density at radius 3 is 2.50 bits per heavy atom. The van der Waals surface area contributed by atoms with Gasteiger partial charge in [0.15, 0.2) is 0 Å². The van der Waals surface area contributed by atoms with Gasteiger partial charge in [0.05, 0.1) is 18.2 Å². The van der Waals surface area contributed by atoms with E-state index in [1.807, 2.05) is 12.1 Å². The highest BCUT2D eigenvalue weighted by atomic mass is 19.4. The number of carbonyl (C=O) groups is 1. The number of furan rings is 1. The van der Waals surface area contributed by atoms with Gasteiger partial charge in [0.1, 0.15) is 5.76 Å². The maximum atomic E-state index is 12.5. The molecule has 26 heavy (non-hydrogen) atoms. The Balaban J connectivity index is 1.57. The van der Waals surface area contributed by atoms with Crippen molar-refractivity contribution in [3.8, 4) is 11.3 Å². The van der Waals surface area contributed by atoms with E-state index in [1.54, 1.807) is 24.7 Å². The predicted molar refractivity (Wildman–Crippen MR) is 88.9 cm³/mol. The first-order valence-electron chi connectivity index (χ1n) is 7.82. The molecule has 3 aromatic rings. The smallest absolute Gasteiger partial charge is 0.416 e. The molecule has 0 atom stereocenters. The molecule has 3 rings (SSSR count). The maximum Gasteiger partial charge on any atom is 0.416 e. The third kappa shape index (κ3) is 4.50. The summed E-state index contributed by atoms with van der Waals surface area (Å²) >= 11 is 0. The SMILES string of the molecule is O=C(Cc1ccc(C(F)(F)F)cc1)NCc1cncc(-c2ccco2)c1. The Labute approximate surface area is 147 Å². The predicted octanol–water partition coefficient (Wildman–Crippen LogP) is 4.22. The van der Waals surface area contributed by atoms with Crippen molar-refractivity contribution < 1.29 is 22.4 Å². The van der Waals surface area contributed by atoms with Crippen LogP contribution in [0.3, 0.4) is 0 Å². The minimum Gasteiger partial charge on any atom is -0.464 e. The summed E-state index contributed by atoms with van der Waals surface area (Å²) in [7, 11) is 0. The summed E-state index contributed by atoms with van der Waals surface area (Å²) in [6.07, 6.45) is 0.473. The van der Waals surface area contributed by atoms with Crippen molar-refractivity contribution in [1.29, 1.82) is 0 Å². The number of hydrogen-bond donors (Lipinski definition) is 1. The molecule has 0 radical (unpaired) electrons. The Kier molecular flexibility index (Phi) is 5.06. The van der Waals surface area contributed by atoms with Crippen LogP contribution in [0.1, 0.15) is 16.7 Å². The molecular formula is C19H15F3N2O2. The number of hydrogen-bond acceptors (Lipinski definition) is 3. The summed E-state index contributed by atoms with van der Waals surface area (Å²) in [5.74, 6) is 0.392. The fourth-order valence-electron chi connectivity index (χ4n) is 2.42. The van der Waals surface area contributed by atoms with E-state index in [0.717, 1.165) is 23.3 Å². The molecule has 2 heterocycles. The van der Waals surface area contributed by atoms with Crippen LogP contribution in [-0.2, 0) is 23.9 Å². The molecule has 0 aliphatic carbocycles. The highest BCUT2D eigenvalue weighted by Crippen LogP contribution is 2.29. The van der Waals surface area contributed by atoms with E-state index in [0.29, 0.717) is 11.3 Å². The van der Waals surface area contributed by atoms with Gasteiger partial charge >= 0.3 is 6.18 Å². The van der Waals surface area contributed by atoms with Gasteiger partial charge in [-0.3, -0.25) is 9.78 Å². The molecule has 0 aliphatic heterocycles. The van der Waals surface area contributed by atoms with Gasteiger partial charge in [-0.05, 0) is 41.5 Å². The molecule has 0 bridgehead atoms. The Morgan fingerprint density at radius 2 is 1.85 bits per heavy atom. The first-order valence-corrected chi connectivity index (χ1v) is 7.82. The number of rotatable bonds is 5. The maximum absolute atomic E-state index is 12.5. The molecule has 0 spiro atoms. The molecule has 4 nitrogen and oxygen atoms in total. The van der Waals surface area contributed by atoms with Crippen LogP contribution >= 0.6 is 0 Å². The van der Waals surface area contributed by atoms with Crippen LogP contribution < -0.4 is 5.32 Å². The molecular weight excluding hydrogens is 345 g/mol. The molecule has 0 fully saturated rings. The Morgan fingerprint density at radius 1 is 1.08 bits per heavy atom. The number of nitrogens with one attached hydrogen (secondary N) is 1. The number of halogens is 3. The summed E-state index contributed by atoms with van der Waals surface area (Å²) in [4.78, 5) is 16.1. The van der Waals surface area contributed by atoms with Crippen molar-refractivity contribution >= 4 is 5.91 Å². The molecule has 1 aromatic carbocycles. The molecule has 0 saturated heterocycles. The van der Waals surface area contributed by atoms with E-state index in [4.69, 9.17) is 4.42 Å². The lowest BCUT2D eigenvalue weighted by Crippen LogP contribution is -2.24. The summed E-state index contributed by atoms with van der Waals surface area (Å²) in [5.41, 5.74) is 1.37. The van der Waals surface area contributed by atoms with Gasteiger partial charge in [-0.2, -0.15) is 13.2 Å². The van der Waals surface area contributed by atoms with Gasteiger partial charge in [0.25, 0.3) is 0 Å². The molecule has 7 heteroatoms. The third-order valence-corrected chi connectivity index (χ3v) is 3.74. The normalized spacial score (nSPS) is 11.3. The van der Waals surface area contributed by atoms with E-state index < -0.39 is 11.7 Å². The summed E-state index contributed by atoms with van der Waals surface area (Å²) in [6, 6.07) is 9.99. The highest BCUT2D eigenvalue weighted by molar-refractivity contribution is 5.78. The second-order valence-electron chi connectivity index (χ2n) is 5.71. The summed E-state index contributed by atoms with van der Waals surface area (Å²) < 4.78 is 42.9. The lowest BCUT2D eigenvalue weighted by atomic mass is 10.1. The van der Waals surface area contributed by atoms with Crippen LogP contribution in [0.4, 0.5) is 13.2 Å². The lowest BCUT2D eigenvalue weighted by Gasteiger charge is -2.08. The fraction of sp³-hybridized carbons (Fsp3) is 0.158. The topological polar surface area (TPSA) is 55.1 Å².